The first-order valence-corrected chi connectivity index (χ1v) is 10.1. The molecule has 1 amide bonds. The summed E-state index contributed by atoms with van der Waals surface area (Å²) in [6, 6.07) is 17.0. The predicted molar refractivity (Wildman–Crippen MR) is 114 cm³/mol. The maximum atomic E-state index is 13.2. The highest BCUT2D eigenvalue weighted by Gasteiger charge is 2.21. The molecule has 6 nitrogen and oxygen atoms in total. The predicted octanol–water partition coefficient (Wildman–Crippen LogP) is 4.21. The molecule has 0 radical (unpaired) electrons. The zero-order chi connectivity index (χ0) is 20.9. The SMILES string of the molecule is COCCN(Cc1cccn1Cc1ccccc1Cl)C(=O)c1ccc2c(c1)OCO2. The third kappa shape index (κ3) is 4.45. The number of hydrogen-bond donors (Lipinski definition) is 0. The van der Waals surface area contributed by atoms with E-state index in [4.69, 9.17) is 25.8 Å². The van der Waals surface area contributed by atoms with Gasteiger partial charge in [-0.1, -0.05) is 29.8 Å². The molecular weight excluding hydrogens is 404 g/mol. The van der Waals surface area contributed by atoms with Crippen LogP contribution in [0.5, 0.6) is 11.5 Å². The summed E-state index contributed by atoms with van der Waals surface area (Å²) in [5, 5.41) is 0.727. The highest BCUT2D eigenvalue weighted by atomic mass is 35.5. The summed E-state index contributed by atoms with van der Waals surface area (Å²) in [5.41, 5.74) is 2.60. The topological polar surface area (TPSA) is 52.9 Å². The van der Waals surface area contributed by atoms with Crippen LogP contribution in [-0.4, -0.2) is 42.4 Å². The molecular formula is C23H23ClN2O4. The van der Waals surface area contributed by atoms with Gasteiger partial charge in [0.15, 0.2) is 11.5 Å². The summed E-state index contributed by atoms with van der Waals surface area (Å²) in [6.07, 6.45) is 2.00. The molecule has 4 rings (SSSR count). The molecule has 0 saturated carbocycles. The Hall–Kier alpha value is -2.96. The summed E-state index contributed by atoms with van der Waals surface area (Å²) < 4.78 is 18.1. The number of carbonyl (C=O) groups excluding carboxylic acids is 1. The van der Waals surface area contributed by atoms with Crippen molar-refractivity contribution in [1.82, 2.24) is 9.47 Å². The highest BCUT2D eigenvalue weighted by molar-refractivity contribution is 6.31. The summed E-state index contributed by atoms with van der Waals surface area (Å²) in [7, 11) is 1.63. The van der Waals surface area contributed by atoms with Crippen molar-refractivity contribution in [2.75, 3.05) is 27.1 Å². The normalized spacial score (nSPS) is 12.2. The van der Waals surface area contributed by atoms with Gasteiger partial charge in [0.25, 0.3) is 5.91 Å². The molecule has 0 atom stereocenters. The standard InChI is InChI=1S/C23H23ClN2O4/c1-28-12-11-26(23(27)17-8-9-21-22(13-17)30-16-29-21)15-19-6-4-10-25(19)14-18-5-2-3-7-20(18)24/h2-10,13H,11-12,14-16H2,1H3. The Morgan fingerprint density at radius 1 is 1.13 bits per heavy atom. The van der Waals surface area contributed by atoms with Crippen LogP contribution in [0.25, 0.3) is 0 Å². The van der Waals surface area contributed by atoms with Crippen LogP contribution in [0.1, 0.15) is 21.6 Å². The third-order valence-corrected chi connectivity index (χ3v) is 5.42. The number of amides is 1. The average molecular weight is 427 g/mol. The summed E-state index contributed by atoms with van der Waals surface area (Å²) in [6.45, 7) is 2.19. The Labute approximate surface area is 180 Å². The minimum atomic E-state index is -0.0872. The molecule has 0 spiro atoms. The summed E-state index contributed by atoms with van der Waals surface area (Å²) in [5.74, 6) is 1.16. The number of nitrogens with zero attached hydrogens (tertiary/aromatic N) is 2. The molecule has 1 aliphatic rings. The monoisotopic (exact) mass is 426 g/mol. The zero-order valence-corrected chi connectivity index (χ0v) is 17.5. The van der Waals surface area contributed by atoms with Crippen molar-refractivity contribution in [3.8, 4) is 11.5 Å². The van der Waals surface area contributed by atoms with Gasteiger partial charge in [0.2, 0.25) is 6.79 Å². The van der Waals surface area contributed by atoms with Gasteiger partial charge in [0, 0.05) is 42.7 Å². The molecule has 1 aromatic heterocycles. The van der Waals surface area contributed by atoms with E-state index in [0.29, 0.717) is 43.3 Å². The number of methoxy groups -OCH3 is 1. The van der Waals surface area contributed by atoms with Crippen LogP contribution in [0.4, 0.5) is 0 Å². The van der Waals surface area contributed by atoms with Crippen molar-refractivity contribution in [1.29, 1.82) is 0 Å². The van der Waals surface area contributed by atoms with Gasteiger partial charge < -0.3 is 23.7 Å². The van der Waals surface area contributed by atoms with Crippen LogP contribution in [0.3, 0.4) is 0 Å². The van der Waals surface area contributed by atoms with Crippen LogP contribution in [-0.2, 0) is 17.8 Å². The second kappa shape index (κ2) is 9.24. The third-order valence-electron chi connectivity index (χ3n) is 5.05. The number of hydrogen-bond acceptors (Lipinski definition) is 4. The van der Waals surface area contributed by atoms with Gasteiger partial charge in [-0.2, -0.15) is 0 Å². The Morgan fingerprint density at radius 2 is 1.97 bits per heavy atom. The quantitative estimate of drug-likeness (QED) is 0.541. The lowest BCUT2D eigenvalue weighted by molar-refractivity contribution is 0.0675. The van der Waals surface area contributed by atoms with Crippen LogP contribution in [0, 0.1) is 0 Å². The van der Waals surface area contributed by atoms with Gasteiger partial charge in [-0.05, 0) is 42.0 Å². The van der Waals surface area contributed by atoms with Gasteiger partial charge in [0.05, 0.1) is 13.2 Å². The Kier molecular flexibility index (Phi) is 6.26. The Balaban J connectivity index is 1.54. The largest absolute Gasteiger partial charge is 0.454 e. The molecule has 3 aromatic rings. The van der Waals surface area contributed by atoms with Crippen LogP contribution < -0.4 is 9.47 Å². The fourth-order valence-electron chi connectivity index (χ4n) is 3.42. The van der Waals surface area contributed by atoms with Gasteiger partial charge in [-0.25, -0.2) is 0 Å². The molecule has 0 N–H and O–H groups in total. The second-order valence-corrected chi connectivity index (χ2v) is 7.41. The molecule has 30 heavy (non-hydrogen) atoms. The van der Waals surface area contributed by atoms with E-state index in [1.807, 2.05) is 42.6 Å². The first-order chi connectivity index (χ1) is 14.7. The van der Waals surface area contributed by atoms with E-state index in [1.54, 1.807) is 30.2 Å². The number of aromatic nitrogens is 1. The molecule has 0 unspecified atom stereocenters. The smallest absolute Gasteiger partial charge is 0.254 e. The lowest BCUT2D eigenvalue weighted by Gasteiger charge is -2.24. The molecule has 156 valence electrons. The van der Waals surface area contributed by atoms with Gasteiger partial charge in [-0.3, -0.25) is 4.79 Å². The fraction of sp³-hybridized carbons (Fsp3) is 0.261. The van der Waals surface area contributed by atoms with Crippen molar-refractivity contribution in [2.45, 2.75) is 13.1 Å². The van der Waals surface area contributed by atoms with Crippen molar-refractivity contribution in [2.24, 2.45) is 0 Å². The number of ether oxygens (including phenoxy) is 3. The maximum Gasteiger partial charge on any atom is 0.254 e. The number of halogens is 1. The fourth-order valence-corrected chi connectivity index (χ4v) is 3.61. The molecule has 2 heterocycles. The van der Waals surface area contributed by atoms with E-state index < -0.39 is 0 Å². The summed E-state index contributed by atoms with van der Waals surface area (Å²) >= 11 is 6.33. The summed E-state index contributed by atoms with van der Waals surface area (Å²) in [4.78, 5) is 15.0. The minimum absolute atomic E-state index is 0.0872. The molecule has 0 fully saturated rings. The van der Waals surface area contributed by atoms with Gasteiger partial charge in [0.1, 0.15) is 0 Å². The average Bonchev–Trinajstić information content (AvgIpc) is 3.41. The van der Waals surface area contributed by atoms with Gasteiger partial charge >= 0.3 is 0 Å². The maximum absolute atomic E-state index is 13.2. The lowest BCUT2D eigenvalue weighted by Crippen LogP contribution is -2.34. The lowest BCUT2D eigenvalue weighted by atomic mass is 10.1. The number of rotatable bonds is 8. The van der Waals surface area contributed by atoms with E-state index >= 15 is 0 Å². The number of benzene rings is 2. The van der Waals surface area contributed by atoms with E-state index in [1.165, 1.54) is 0 Å². The highest BCUT2D eigenvalue weighted by Crippen LogP contribution is 2.33. The van der Waals surface area contributed by atoms with Crippen LogP contribution in [0.2, 0.25) is 5.02 Å². The van der Waals surface area contributed by atoms with Crippen molar-refractivity contribution >= 4 is 17.5 Å². The zero-order valence-electron chi connectivity index (χ0n) is 16.7. The Bertz CT molecular complexity index is 1030. The van der Waals surface area contributed by atoms with Crippen LogP contribution >= 0.6 is 11.6 Å². The molecule has 0 aliphatic carbocycles. The van der Waals surface area contributed by atoms with Crippen molar-refractivity contribution in [3.05, 3.63) is 82.6 Å². The van der Waals surface area contributed by atoms with Crippen molar-refractivity contribution < 1.29 is 19.0 Å². The molecule has 0 saturated heterocycles. The van der Waals surface area contributed by atoms with E-state index in [9.17, 15) is 4.79 Å². The van der Waals surface area contributed by atoms with E-state index in [-0.39, 0.29) is 12.7 Å². The molecule has 0 bridgehead atoms. The first kappa shape index (κ1) is 20.3. The number of carbonyl (C=O) groups is 1. The number of fused-ring (bicyclic) bond motifs is 1. The van der Waals surface area contributed by atoms with Gasteiger partial charge in [-0.15, -0.1) is 0 Å². The van der Waals surface area contributed by atoms with Crippen LogP contribution in [0.15, 0.2) is 60.8 Å². The molecule has 7 heteroatoms. The molecule has 2 aromatic carbocycles. The second-order valence-electron chi connectivity index (χ2n) is 7.01. The Morgan fingerprint density at radius 3 is 2.80 bits per heavy atom. The molecule has 1 aliphatic heterocycles. The van der Waals surface area contributed by atoms with E-state index in [0.717, 1.165) is 16.3 Å². The van der Waals surface area contributed by atoms with E-state index in [2.05, 4.69) is 4.57 Å². The minimum Gasteiger partial charge on any atom is -0.454 e. The van der Waals surface area contributed by atoms with Crippen molar-refractivity contribution in [3.63, 3.8) is 0 Å². The first-order valence-electron chi connectivity index (χ1n) is 9.71.